The van der Waals surface area contributed by atoms with Gasteiger partial charge in [0.25, 0.3) is 5.91 Å². The molecule has 1 aromatic rings. The second kappa shape index (κ2) is 5.73. The molecule has 0 fully saturated rings. The van der Waals surface area contributed by atoms with Crippen molar-refractivity contribution < 1.29 is 9.59 Å². The average molecular weight is 270 g/mol. The molecule has 0 aliphatic heterocycles. The Bertz CT molecular complexity index is 454. The maximum Gasteiger partial charge on any atom is 0.252 e. The molecule has 0 radical (unpaired) electrons. The van der Waals surface area contributed by atoms with Crippen LogP contribution in [0.5, 0.6) is 0 Å². The fraction of sp³-hybridized carbons (Fsp3) is 0.333. The summed E-state index contributed by atoms with van der Waals surface area (Å²) < 4.78 is 0. The van der Waals surface area contributed by atoms with Gasteiger partial charge in [-0.05, 0) is 24.1 Å². The molecule has 0 aliphatic carbocycles. The van der Waals surface area contributed by atoms with E-state index in [-0.39, 0.29) is 5.92 Å². The number of nitrogens with two attached hydrogens (primary N) is 2. The van der Waals surface area contributed by atoms with Crippen LogP contribution in [0.4, 0.5) is 5.69 Å². The van der Waals surface area contributed by atoms with E-state index in [1.165, 1.54) is 18.2 Å². The van der Waals surface area contributed by atoms with Gasteiger partial charge in [0, 0.05) is 16.3 Å². The molecule has 5 nitrogen and oxygen atoms in total. The van der Waals surface area contributed by atoms with Gasteiger partial charge in [0.05, 0.1) is 0 Å². The molecule has 6 heteroatoms. The van der Waals surface area contributed by atoms with Crippen molar-refractivity contribution in [1.82, 2.24) is 5.32 Å². The molecule has 0 saturated heterocycles. The first-order chi connectivity index (χ1) is 8.31. The highest BCUT2D eigenvalue weighted by Crippen LogP contribution is 2.17. The molecule has 1 atom stereocenters. The van der Waals surface area contributed by atoms with E-state index in [1.807, 2.05) is 0 Å². The van der Waals surface area contributed by atoms with Gasteiger partial charge in [0.2, 0.25) is 5.91 Å². The second-order valence-corrected chi connectivity index (χ2v) is 4.81. The van der Waals surface area contributed by atoms with Crippen LogP contribution in [0.15, 0.2) is 18.2 Å². The van der Waals surface area contributed by atoms with Crippen molar-refractivity contribution in [3.63, 3.8) is 0 Å². The number of rotatable bonds is 4. The van der Waals surface area contributed by atoms with Crippen LogP contribution in [0.3, 0.4) is 0 Å². The molecule has 0 spiro atoms. The monoisotopic (exact) mass is 269 g/mol. The second-order valence-electron chi connectivity index (χ2n) is 4.37. The van der Waals surface area contributed by atoms with Crippen molar-refractivity contribution in [2.75, 3.05) is 5.73 Å². The van der Waals surface area contributed by atoms with Crippen molar-refractivity contribution >= 4 is 29.1 Å². The first kappa shape index (κ1) is 14.3. The number of nitrogen functional groups attached to an aromatic ring is 1. The molecule has 5 N–H and O–H groups in total. The minimum atomic E-state index is -0.724. The summed E-state index contributed by atoms with van der Waals surface area (Å²) in [7, 11) is 0. The van der Waals surface area contributed by atoms with Gasteiger partial charge in [-0.2, -0.15) is 0 Å². The Morgan fingerprint density at radius 3 is 2.33 bits per heavy atom. The van der Waals surface area contributed by atoms with E-state index in [0.717, 1.165) is 0 Å². The van der Waals surface area contributed by atoms with Gasteiger partial charge < -0.3 is 16.8 Å². The summed E-state index contributed by atoms with van der Waals surface area (Å²) in [6.07, 6.45) is 0. The molecule has 2 amide bonds. The predicted molar refractivity (Wildman–Crippen MR) is 71.2 cm³/mol. The van der Waals surface area contributed by atoms with E-state index in [0.29, 0.717) is 16.3 Å². The Morgan fingerprint density at radius 2 is 1.89 bits per heavy atom. The smallest absolute Gasteiger partial charge is 0.252 e. The van der Waals surface area contributed by atoms with Gasteiger partial charge in [-0.1, -0.05) is 25.4 Å². The first-order valence-corrected chi connectivity index (χ1v) is 5.85. The molecule has 1 rings (SSSR count). The summed E-state index contributed by atoms with van der Waals surface area (Å²) in [4.78, 5) is 23.1. The third kappa shape index (κ3) is 3.63. The fourth-order valence-electron chi connectivity index (χ4n) is 1.53. The molecular weight excluding hydrogens is 254 g/mol. The Balaban J connectivity index is 2.90. The summed E-state index contributed by atoms with van der Waals surface area (Å²) in [5, 5.41) is 2.92. The fourth-order valence-corrected chi connectivity index (χ4v) is 1.78. The molecule has 0 saturated carbocycles. The van der Waals surface area contributed by atoms with Gasteiger partial charge in [-0.15, -0.1) is 0 Å². The Kier molecular flexibility index (Phi) is 4.55. The van der Waals surface area contributed by atoms with Gasteiger partial charge in [0.15, 0.2) is 0 Å². The van der Waals surface area contributed by atoms with Crippen LogP contribution in [0, 0.1) is 5.92 Å². The molecular formula is C12H16ClN3O2. The molecule has 1 aromatic carbocycles. The maximum atomic E-state index is 11.9. The quantitative estimate of drug-likeness (QED) is 0.716. The standard InChI is InChI=1S/C12H16ClN3O2/c1-6(2)10(11(15)17)16-12(18)7-3-8(13)5-9(14)4-7/h3-6,10H,14H2,1-2H3,(H2,15,17)(H,16,18). The van der Waals surface area contributed by atoms with Crippen LogP contribution < -0.4 is 16.8 Å². The summed E-state index contributed by atoms with van der Waals surface area (Å²) in [5.41, 5.74) is 11.5. The molecule has 0 bridgehead atoms. The van der Waals surface area contributed by atoms with Crippen molar-refractivity contribution in [3.8, 4) is 0 Å². The highest BCUT2D eigenvalue weighted by molar-refractivity contribution is 6.31. The number of halogens is 1. The van der Waals surface area contributed by atoms with Crippen LogP contribution in [0.25, 0.3) is 0 Å². The molecule has 98 valence electrons. The lowest BCUT2D eigenvalue weighted by atomic mass is 10.0. The topological polar surface area (TPSA) is 98.2 Å². The van der Waals surface area contributed by atoms with Crippen molar-refractivity contribution in [3.05, 3.63) is 28.8 Å². The number of amides is 2. The predicted octanol–water partition coefficient (Wildman–Crippen LogP) is 1.16. The molecule has 0 heterocycles. The number of anilines is 1. The molecule has 18 heavy (non-hydrogen) atoms. The van der Waals surface area contributed by atoms with Gasteiger partial charge in [-0.25, -0.2) is 0 Å². The molecule has 0 aromatic heterocycles. The Hall–Kier alpha value is -1.75. The van der Waals surface area contributed by atoms with Crippen molar-refractivity contribution in [1.29, 1.82) is 0 Å². The number of carbonyl (C=O) groups excluding carboxylic acids is 2. The van der Waals surface area contributed by atoms with Gasteiger partial charge in [-0.3, -0.25) is 9.59 Å². The highest BCUT2D eigenvalue weighted by atomic mass is 35.5. The lowest BCUT2D eigenvalue weighted by Crippen LogP contribution is -2.47. The Morgan fingerprint density at radius 1 is 1.28 bits per heavy atom. The number of hydrogen-bond donors (Lipinski definition) is 3. The van der Waals surface area contributed by atoms with E-state index >= 15 is 0 Å². The van der Waals surface area contributed by atoms with Crippen LogP contribution >= 0.6 is 11.6 Å². The maximum absolute atomic E-state index is 11.9. The summed E-state index contributed by atoms with van der Waals surface area (Å²) in [6.45, 7) is 3.59. The summed E-state index contributed by atoms with van der Waals surface area (Å²) in [6, 6.07) is 3.77. The van der Waals surface area contributed by atoms with Gasteiger partial charge >= 0.3 is 0 Å². The zero-order valence-electron chi connectivity index (χ0n) is 10.2. The molecule has 0 aliphatic rings. The zero-order chi connectivity index (χ0) is 13.9. The van der Waals surface area contributed by atoms with Crippen LogP contribution in [-0.2, 0) is 4.79 Å². The largest absolute Gasteiger partial charge is 0.399 e. The van der Waals surface area contributed by atoms with Crippen molar-refractivity contribution in [2.24, 2.45) is 11.7 Å². The third-order valence-electron chi connectivity index (χ3n) is 2.44. The van der Waals surface area contributed by atoms with E-state index in [1.54, 1.807) is 13.8 Å². The van der Waals surface area contributed by atoms with E-state index in [2.05, 4.69) is 5.32 Å². The Labute approximate surface area is 110 Å². The van der Waals surface area contributed by atoms with Crippen LogP contribution in [0.1, 0.15) is 24.2 Å². The summed E-state index contributed by atoms with van der Waals surface area (Å²) in [5.74, 6) is -1.10. The molecule has 1 unspecified atom stereocenters. The van der Waals surface area contributed by atoms with Crippen LogP contribution in [-0.4, -0.2) is 17.9 Å². The normalized spacial score (nSPS) is 12.2. The lowest BCUT2D eigenvalue weighted by Gasteiger charge is -2.19. The number of primary amides is 1. The third-order valence-corrected chi connectivity index (χ3v) is 2.66. The van der Waals surface area contributed by atoms with Gasteiger partial charge in [0.1, 0.15) is 6.04 Å². The SMILES string of the molecule is CC(C)C(NC(=O)c1cc(N)cc(Cl)c1)C(N)=O. The zero-order valence-corrected chi connectivity index (χ0v) is 11.0. The highest BCUT2D eigenvalue weighted by Gasteiger charge is 2.22. The lowest BCUT2D eigenvalue weighted by molar-refractivity contribution is -0.120. The van der Waals surface area contributed by atoms with Crippen LogP contribution in [0.2, 0.25) is 5.02 Å². The van der Waals surface area contributed by atoms with E-state index in [9.17, 15) is 9.59 Å². The minimum absolute atomic E-state index is 0.0945. The first-order valence-electron chi connectivity index (χ1n) is 5.47. The average Bonchev–Trinajstić information content (AvgIpc) is 2.23. The van der Waals surface area contributed by atoms with E-state index < -0.39 is 17.9 Å². The summed E-state index contributed by atoms with van der Waals surface area (Å²) >= 11 is 5.80. The van der Waals surface area contributed by atoms with Crippen molar-refractivity contribution in [2.45, 2.75) is 19.9 Å². The number of hydrogen-bond acceptors (Lipinski definition) is 3. The number of nitrogens with one attached hydrogen (secondary N) is 1. The number of benzene rings is 1. The van der Waals surface area contributed by atoms with E-state index in [4.69, 9.17) is 23.1 Å². The minimum Gasteiger partial charge on any atom is -0.399 e. The number of carbonyl (C=O) groups is 2.